The van der Waals surface area contributed by atoms with Gasteiger partial charge in [0.15, 0.2) is 0 Å². The first-order valence-electron chi connectivity index (χ1n) is 6.16. The summed E-state index contributed by atoms with van der Waals surface area (Å²) < 4.78 is 27.0. The summed E-state index contributed by atoms with van der Waals surface area (Å²) in [4.78, 5) is 0.132. The zero-order valence-corrected chi connectivity index (χ0v) is 14.8. The molecular formula is C12H17BrClN3O3S. The molecule has 0 aliphatic rings. The Hall–Kier alpha value is -0.830. The van der Waals surface area contributed by atoms with Crippen molar-refractivity contribution in [2.75, 3.05) is 13.1 Å². The molecule has 118 valence electrons. The molecule has 0 aliphatic heterocycles. The van der Waals surface area contributed by atoms with E-state index in [1.54, 1.807) is 13.8 Å². The van der Waals surface area contributed by atoms with E-state index in [1.165, 1.54) is 22.5 Å². The van der Waals surface area contributed by atoms with Gasteiger partial charge in [-0.1, -0.05) is 30.6 Å². The van der Waals surface area contributed by atoms with Gasteiger partial charge in [0.1, 0.15) is 5.84 Å². The first-order valence-corrected chi connectivity index (χ1v) is 8.77. The smallest absolute Gasteiger partial charge is 0.243 e. The first kappa shape index (κ1) is 18.2. The van der Waals surface area contributed by atoms with Crippen molar-refractivity contribution in [3.05, 3.63) is 27.7 Å². The molecule has 0 aliphatic carbocycles. The zero-order valence-electron chi connectivity index (χ0n) is 11.6. The third kappa shape index (κ3) is 4.32. The van der Waals surface area contributed by atoms with E-state index in [1.807, 2.05) is 0 Å². The lowest BCUT2D eigenvalue weighted by Crippen LogP contribution is -2.38. The van der Waals surface area contributed by atoms with Crippen LogP contribution in [0.2, 0.25) is 5.02 Å². The van der Waals surface area contributed by atoms with Crippen molar-refractivity contribution in [1.29, 1.82) is 0 Å². The molecular weight excluding hydrogens is 382 g/mol. The van der Waals surface area contributed by atoms with Gasteiger partial charge in [0.25, 0.3) is 0 Å². The Morgan fingerprint density at radius 1 is 1.57 bits per heavy atom. The highest BCUT2D eigenvalue weighted by Gasteiger charge is 2.26. The molecule has 1 unspecified atom stereocenters. The summed E-state index contributed by atoms with van der Waals surface area (Å²) in [6.07, 6.45) is 0. The van der Waals surface area contributed by atoms with E-state index < -0.39 is 15.9 Å². The second kappa shape index (κ2) is 7.44. The molecule has 0 saturated heterocycles. The van der Waals surface area contributed by atoms with Gasteiger partial charge in [-0.2, -0.15) is 4.31 Å². The molecule has 21 heavy (non-hydrogen) atoms. The molecule has 1 aromatic carbocycles. The number of hydrogen-bond acceptors (Lipinski definition) is 4. The molecule has 1 aromatic rings. The van der Waals surface area contributed by atoms with E-state index in [4.69, 9.17) is 22.5 Å². The van der Waals surface area contributed by atoms with Gasteiger partial charge in [0.2, 0.25) is 10.0 Å². The van der Waals surface area contributed by atoms with E-state index >= 15 is 0 Å². The summed E-state index contributed by atoms with van der Waals surface area (Å²) in [5, 5.41) is 12.0. The van der Waals surface area contributed by atoms with Crippen LogP contribution in [0.1, 0.15) is 13.8 Å². The maximum absolute atomic E-state index is 12.6. The molecule has 3 N–H and O–H groups in total. The Morgan fingerprint density at radius 2 is 2.19 bits per heavy atom. The number of amidine groups is 1. The summed E-state index contributed by atoms with van der Waals surface area (Å²) in [6.45, 7) is 3.80. The van der Waals surface area contributed by atoms with Crippen molar-refractivity contribution in [2.45, 2.75) is 18.7 Å². The van der Waals surface area contributed by atoms with Crippen molar-refractivity contribution in [1.82, 2.24) is 4.31 Å². The number of rotatable bonds is 6. The lowest BCUT2D eigenvalue weighted by atomic mass is 10.1. The molecule has 0 spiro atoms. The molecule has 0 heterocycles. The van der Waals surface area contributed by atoms with E-state index in [0.717, 1.165) is 0 Å². The Kier molecular flexibility index (Phi) is 6.45. The van der Waals surface area contributed by atoms with Crippen LogP contribution < -0.4 is 5.73 Å². The average molecular weight is 399 g/mol. The van der Waals surface area contributed by atoms with Crippen LogP contribution in [0, 0.1) is 5.92 Å². The highest BCUT2D eigenvalue weighted by molar-refractivity contribution is 9.10. The van der Waals surface area contributed by atoms with Gasteiger partial charge in [-0.3, -0.25) is 0 Å². The molecule has 1 atom stereocenters. The largest absolute Gasteiger partial charge is 0.409 e. The van der Waals surface area contributed by atoms with Crippen LogP contribution in [0.5, 0.6) is 0 Å². The predicted octanol–water partition coefficient (Wildman–Crippen LogP) is 2.50. The molecule has 0 fully saturated rings. The van der Waals surface area contributed by atoms with Crippen molar-refractivity contribution in [3.8, 4) is 0 Å². The minimum absolute atomic E-state index is 0.0130. The summed E-state index contributed by atoms with van der Waals surface area (Å²) in [5.74, 6) is -0.415. The number of oxime groups is 1. The molecule has 0 amide bonds. The maximum atomic E-state index is 12.6. The van der Waals surface area contributed by atoms with Crippen LogP contribution >= 0.6 is 27.5 Å². The summed E-state index contributed by atoms with van der Waals surface area (Å²) in [7, 11) is -3.67. The molecule has 6 nitrogen and oxygen atoms in total. The minimum atomic E-state index is -3.67. The third-order valence-electron chi connectivity index (χ3n) is 2.98. The predicted molar refractivity (Wildman–Crippen MR) is 86.2 cm³/mol. The van der Waals surface area contributed by atoms with Crippen LogP contribution in [0.3, 0.4) is 0 Å². The van der Waals surface area contributed by atoms with Gasteiger partial charge in [0.05, 0.1) is 9.92 Å². The molecule has 9 heteroatoms. The monoisotopic (exact) mass is 397 g/mol. The number of sulfonamides is 1. The van der Waals surface area contributed by atoms with Gasteiger partial charge in [-0.25, -0.2) is 8.42 Å². The first-order chi connectivity index (χ1) is 9.73. The Morgan fingerprint density at radius 3 is 2.67 bits per heavy atom. The van der Waals surface area contributed by atoms with Gasteiger partial charge in [-0.05, 0) is 34.1 Å². The minimum Gasteiger partial charge on any atom is -0.409 e. The Bertz CT molecular complexity index is 637. The normalized spacial score (nSPS) is 14.4. The molecule has 0 bridgehead atoms. The maximum Gasteiger partial charge on any atom is 0.243 e. The molecule has 0 aromatic heterocycles. The average Bonchev–Trinajstić information content (AvgIpc) is 2.45. The number of nitrogens with zero attached hydrogens (tertiary/aromatic N) is 2. The fourth-order valence-corrected chi connectivity index (χ4v) is 3.89. The highest BCUT2D eigenvalue weighted by Crippen LogP contribution is 2.27. The van der Waals surface area contributed by atoms with Crippen molar-refractivity contribution in [2.24, 2.45) is 16.8 Å². The second-order valence-corrected chi connectivity index (χ2v) is 7.66. The van der Waals surface area contributed by atoms with Crippen LogP contribution in [-0.4, -0.2) is 36.9 Å². The number of hydrogen-bond donors (Lipinski definition) is 2. The summed E-state index contributed by atoms with van der Waals surface area (Å²) in [6, 6.07) is 4.41. The van der Waals surface area contributed by atoms with Crippen LogP contribution in [0.15, 0.2) is 32.7 Å². The molecule has 1 rings (SSSR count). The van der Waals surface area contributed by atoms with Crippen LogP contribution in [-0.2, 0) is 10.0 Å². The molecule has 0 radical (unpaired) electrons. The number of halogens is 2. The number of benzene rings is 1. The van der Waals surface area contributed by atoms with Gasteiger partial charge in [-0.15, -0.1) is 0 Å². The molecule has 0 saturated carbocycles. The van der Waals surface area contributed by atoms with Crippen molar-refractivity contribution in [3.63, 3.8) is 0 Å². The van der Waals surface area contributed by atoms with E-state index in [-0.39, 0.29) is 23.8 Å². The van der Waals surface area contributed by atoms with Crippen molar-refractivity contribution < 1.29 is 13.6 Å². The lowest BCUT2D eigenvalue weighted by molar-refractivity contribution is 0.311. The third-order valence-corrected chi connectivity index (χ3v) is 6.13. The van der Waals surface area contributed by atoms with E-state index in [2.05, 4.69) is 21.1 Å². The van der Waals surface area contributed by atoms with Gasteiger partial charge >= 0.3 is 0 Å². The number of nitrogens with two attached hydrogens (primary N) is 1. The summed E-state index contributed by atoms with van der Waals surface area (Å²) in [5.41, 5.74) is 5.50. The zero-order chi connectivity index (χ0) is 16.2. The Labute approximate surface area is 137 Å². The van der Waals surface area contributed by atoms with Crippen LogP contribution in [0.4, 0.5) is 0 Å². The topological polar surface area (TPSA) is 96.0 Å². The van der Waals surface area contributed by atoms with E-state index in [9.17, 15) is 8.42 Å². The van der Waals surface area contributed by atoms with E-state index in [0.29, 0.717) is 9.50 Å². The SMILES string of the molecule is CCN(CC(C)/C(N)=N/O)S(=O)(=O)c1ccc(Cl)c(Br)c1. The fraction of sp³-hybridized carbons (Fsp3) is 0.417. The van der Waals surface area contributed by atoms with Crippen LogP contribution in [0.25, 0.3) is 0 Å². The standard InChI is InChI=1S/C12H17BrClN3O3S/c1-3-17(7-8(2)12(15)16-18)21(19,20)9-4-5-11(14)10(13)6-9/h4-6,8,18H,3,7H2,1-2H3,(H2,15,16). The lowest BCUT2D eigenvalue weighted by Gasteiger charge is -2.23. The van der Waals surface area contributed by atoms with Crippen molar-refractivity contribution >= 4 is 43.4 Å². The quantitative estimate of drug-likeness (QED) is 0.333. The van der Waals surface area contributed by atoms with Gasteiger partial charge in [0, 0.05) is 23.5 Å². The highest BCUT2D eigenvalue weighted by atomic mass is 79.9. The Balaban J connectivity index is 3.10. The fourth-order valence-electron chi connectivity index (χ4n) is 1.68. The second-order valence-electron chi connectivity index (χ2n) is 4.46. The summed E-state index contributed by atoms with van der Waals surface area (Å²) >= 11 is 9.08. The van der Waals surface area contributed by atoms with Gasteiger partial charge < -0.3 is 10.9 Å².